The highest BCUT2D eigenvalue weighted by Gasteiger charge is 2.15. The van der Waals surface area contributed by atoms with Crippen molar-refractivity contribution in [1.82, 2.24) is 34.2 Å². The van der Waals surface area contributed by atoms with Crippen LogP contribution in [-0.2, 0) is 6.54 Å². The molecule has 4 heterocycles. The molecule has 1 N–H and O–H groups in total. The fraction of sp³-hybridized carbons (Fsp3) is 0.333. The zero-order chi connectivity index (χ0) is 20.4. The predicted molar refractivity (Wildman–Crippen MR) is 111 cm³/mol. The Kier molecular flexibility index (Phi) is 5.26. The lowest BCUT2D eigenvalue weighted by Gasteiger charge is -2.12. The van der Waals surface area contributed by atoms with Gasteiger partial charge >= 0.3 is 0 Å². The highest BCUT2D eigenvalue weighted by molar-refractivity contribution is 5.78. The Morgan fingerprint density at radius 3 is 2.62 bits per heavy atom. The topological polar surface area (TPSA) is 86.1 Å². The summed E-state index contributed by atoms with van der Waals surface area (Å²) < 4.78 is 5.52. The molecule has 0 saturated carbocycles. The van der Waals surface area contributed by atoms with Gasteiger partial charge in [-0.25, -0.2) is 9.50 Å². The molecule has 4 aromatic heterocycles. The van der Waals surface area contributed by atoms with E-state index in [9.17, 15) is 5.11 Å². The predicted octanol–water partition coefficient (Wildman–Crippen LogP) is 3.36. The molecule has 0 amide bonds. The standard InChI is InChI=1S/C21H25N7O/c1-4-17(5-2)27-12-16(10-24-27)21-20-7-8-22-28(20)14-19(25-21)15-9-23-26(11-15)13-18(29)6-3/h6-12,14,17-18,29H,3-5,13H2,1-2H3/t18-/m0/s1. The van der Waals surface area contributed by atoms with Gasteiger partial charge in [-0.1, -0.05) is 19.9 Å². The zero-order valence-corrected chi connectivity index (χ0v) is 16.7. The molecule has 8 nitrogen and oxygen atoms in total. The van der Waals surface area contributed by atoms with Crippen LogP contribution in [0.5, 0.6) is 0 Å². The molecule has 1 atom stereocenters. The average Bonchev–Trinajstić information content (AvgIpc) is 3.48. The van der Waals surface area contributed by atoms with E-state index in [0.29, 0.717) is 12.6 Å². The van der Waals surface area contributed by atoms with Crippen LogP contribution >= 0.6 is 0 Å². The maximum Gasteiger partial charge on any atom is 0.0999 e. The molecule has 0 bridgehead atoms. The van der Waals surface area contributed by atoms with Crippen LogP contribution in [0.25, 0.3) is 28.0 Å². The van der Waals surface area contributed by atoms with E-state index in [1.165, 1.54) is 6.08 Å². The highest BCUT2D eigenvalue weighted by atomic mass is 16.3. The molecule has 0 fully saturated rings. The second-order valence-electron chi connectivity index (χ2n) is 7.07. The highest BCUT2D eigenvalue weighted by Crippen LogP contribution is 2.27. The lowest BCUT2D eigenvalue weighted by atomic mass is 10.1. The van der Waals surface area contributed by atoms with Crippen LogP contribution in [0.1, 0.15) is 32.7 Å². The first-order chi connectivity index (χ1) is 14.1. The van der Waals surface area contributed by atoms with Gasteiger partial charge in [0.25, 0.3) is 0 Å². The molecule has 150 valence electrons. The maximum atomic E-state index is 9.77. The van der Waals surface area contributed by atoms with E-state index in [4.69, 9.17) is 4.98 Å². The quantitative estimate of drug-likeness (QED) is 0.466. The number of rotatable bonds is 8. The lowest BCUT2D eigenvalue weighted by Crippen LogP contribution is -2.12. The molecule has 4 rings (SSSR count). The Morgan fingerprint density at radius 2 is 1.86 bits per heavy atom. The molecule has 0 saturated heterocycles. The summed E-state index contributed by atoms with van der Waals surface area (Å²) in [5.74, 6) is 0. The average molecular weight is 391 g/mol. The van der Waals surface area contributed by atoms with Gasteiger partial charge in [-0.15, -0.1) is 6.58 Å². The van der Waals surface area contributed by atoms with E-state index in [0.717, 1.165) is 40.9 Å². The third-order valence-electron chi connectivity index (χ3n) is 5.16. The first-order valence-corrected chi connectivity index (χ1v) is 9.85. The molecule has 0 aromatic carbocycles. The Hall–Kier alpha value is -3.26. The number of hydrogen-bond donors (Lipinski definition) is 1. The summed E-state index contributed by atoms with van der Waals surface area (Å²) in [6.45, 7) is 8.29. The van der Waals surface area contributed by atoms with Gasteiger partial charge < -0.3 is 5.11 Å². The summed E-state index contributed by atoms with van der Waals surface area (Å²) in [4.78, 5) is 4.90. The molecule has 0 aliphatic carbocycles. The monoisotopic (exact) mass is 391 g/mol. The smallest absolute Gasteiger partial charge is 0.0999 e. The van der Waals surface area contributed by atoms with Crippen LogP contribution in [0.15, 0.2) is 55.9 Å². The summed E-state index contributed by atoms with van der Waals surface area (Å²) in [6.07, 6.45) is 14.1. The molecular weight excluding hydrogens is 366 g/mol. The van der Waals surface area contributed by atoms with Crippen molar-refractivity contribution in [2.75, 3.05) is 0 Å². The van der Waals surface area contributed by atoms with Crippen LogP contribution in [0.3, 0.4) is 0 Å². The van der Waals surface area contributed by atoms with E-state index in [1.54, 1.807) is 17.1 Å². The van der Waals surface area contributed by atoms with E-state index >= 15 is 0 Å². The van der Waals surface area contributed by atoms with Gasteiger partial charge in [-0.05, 0) is 18.9 Å². The van der Waals surface area contributed by atoms with Crippen molar-refractivity contribution in [3.05, 3.63) is 55.9 Å². The number of hydrogen-bond acceptors (Lipinski definition) is 5. The molecule has 0 radical (unpaired) electrons. The first kappa shape index (κ1) is 19.1. The second-order valence-corrected chi connectivity index (χ2v) is 7.07. The molecule has 4 aromatic rings. The molecule has 29 heavy (non-hydrogen) atoms. The minimum atomic E-state index is -0.643. The minimum absolute atomic E-state index is 0.350. The summed E-state index contributed by atoms with van der Waals surface area (Å²) in [5, 5.41) is 23.1. The SMILES string of the molecule is C=C[C@H](O)Cn1cc(-c2cn3nccc3c(-c3cnn(C(CC)CC)c3)n2)cn1. The summed E-state index contributed by atoms with van der Waals surface area (Å²) in [6, 6.07) is 2.33. The third-order valence-corrected chi connectivity index (χ3v) is 5.16. The van der Waals surface area contributed by atoms with Gasteiger partial charge in [0.15, 0.2) is 0 Å². The van der Waals surface area contributed by atoms with Crippen molar-refractivity contribution >= 4 is 5.52 Å². The second kappa shape index (κ2) is 8.00. The summed E-state index contributed by atoms with van der Waals surface area (Å²) in [7, 11) is 0. The van der Waals surface area contributed by atoms with Crippen molar-refractivity contribution in [3.63, 3.8) is 0 Å². The fourth-order valence-corrected chi connectivity index (χ4v) is 3.46. The molecule has 0 aliphatic rings. The van der Waals surface area contributed by atoms with E-state index in [1.807, 2.05) is 33.9 Å². The molecular formula is C21H25N7O. The van der Waals surface area contributed by atoms with Crippen molar-refractivity contribution in [3.8, 4) is 22.5 Å². The van der Waals surface area contributed by atoms with Crippen molar-refractivity contribution in [1.29, 1.82) is 0 Å². The van der Waals surface area contributed by atoms with Crippen LogP contribution < -0.4 is 0 Å². The fourth-order valence-electron chi connectivity index (χ4n) is 3.46. The summed E-state index contributed by atoms with van der Waals surface area (Å²) >= 11 is 0. The number of fused-ring (bicyclic) bond motifs is 1. The van der Waals surface area contributed by atoms with Gasteiger partial charge in [0, 0.05) is 23.5 Å². The van der Waals surface area contributed by atoms with E-state index in [2.05, 4.69) is 41.9 Å². The Morgan fingerprint density at radius 1 is 1.07 bits per heavy atom. The van der Waals surface area contributed by atoms with Gasteiger partial charge in [0.2, 0.25) is 0 Å². The molecule has 0 spiro atoms. The zero-order valence-electron chi connectivity index (χ0n) is 16.7. The first-order valence-electron chi connectivity index (χ1n) is 9.85. The summed E-state index contributed by atoms with van der Waals surface area (Å²) in [5.41, 5.74) is 4.32. The van der Waals surface area contributed by atoms with Crippen molar-refractivity contribution in [2.45, 2.75) is 45.4 Å². The van der Waals surface area contributed by atoms with Crippen LogP contribution in [0.4, 0.5) is 0 Å². The Balaban J connectivity index is 1.74. The molecule has 0 unspecified atom stereocenters. The third kappa shape index (κ3) is 3.71. The van der Waals surface area contributed by atoms with E-state index < -0.39 is 6.10 Å². The number of aliphatic hydroxyl groups is 1. The van der Waals surface area contributed by atoms with Crippen molar-refractivity contribution in [2.24, 2.45) is 0 Å². The molecule has 8 heteroatoms. The minimum Gasteiger partial charge on any atom is -0.387 e. The van der Waals surface area contributed by atoms with E-state index in [-0.39, 0.29) is 0 Å². The van der Waals surface area contributed by atoms with Gasteiger partial charge in [0.05, 0.1) is 60.4 Å². The van der Waals surface area contributed by atoms with Gasteiger partial charge in [-0.2, -0.15) is 15.3 Å². The van der Waals surface area contributed by atoms with Crippen LogP contribution in [0, 0.1) is 0 Å². The van der Waals surface area contributed by atoms with Crippen LogP contribution in [-0.4, -0.2) is 45.4 Å². The Bertz CT molecular complexity index is 1120. The van der Waals surface area contributed by atoms with Crippen molar-refractivity contribution < 1.29 is 5.11 Å². The largest absolute Gasteiger partial charge is 0.387 e. The van der Waals surface area contributed by atoms with Crippen LogP contribution in [0.2, 0.25) is 0 Å². The number of aliphatic hydroxyl groups excluding tert-OH is 1. The molecule has 0 aliphatic heterocycles. The number of aromatic nitrogens is 7. The van der Waals surface area contributed by atoms with Gasteiger partial charge in [-0.3, -0.25) is 9.36 Å². The maximum absolute atomic E-state index is 9.77. The van der Waals surface area contributed by atoms with Gasteiger partial charge in [0.1, 0.15) is 0 Å². The number of nitrogens with zero attached hydrogens (tertiary/aromatic N) is 7. The Labute approximate surface area is 169 Å². The lowest BCUT2D eigenvalue weighted by molar-refractivity contribution is 0.196. The normalized spacial score (nSPS) is 12.7.